The molecule has 0 N–H and O–H groups in total. The summed E-state index contributed by atoms with van der Waals surface area (Å²) in [5.41, 5.74) is 0.851. The van der Waals surface area contributed by atoms with Crippen molar-refractivity contribution in [2.24, 2.45) is 0 Å². The number of carbonyl (C=O) groups is 1. The lowest BCUT2D eigenvalue weighted by molar-refractivity contribution is -0.137. The highest BCUT2D eigenvalue weighted by molar-refractivity contribution is 5.87. The number of ether oxygens (including phenoxy) is 2. The second-order valence-corrected chi connectivity index (χ2v) is 4.05. The fourth-order valence-electron chi connectivity index (χ4n) is 1.34. The van der Waals surface area contributed by atoms with E-state index in [2.05, 4.69) is 0 Å². The van der Waals surface area contributed by atoms with Crippen molar-refractivity contribution in [2.45, 2.75) is 0 Å². The van der Waals surface area contributed by atoms with Crippen molar-refractivity contribution in [3.8, 4) is 5.75 Å². The Labute approximate surface area is 120 Å². The molecule has 0 aromatic heterocycles. The average Bonchev–Trinajstić information content (AvgIpc) is 2.36. The van der Waals surface area contributed by atoms with Gasteiger partial charge in [-0.1, -0.05) is 18.2 Å². The summed E-state index contributed by atoms with van der Waals surface area (Å²) in [5.74, 6) is 0.387. The third-order valence-electron chi connectivity index (χ3n) is 2.32. The summed E-state index contributed by atoms with van der Waals surface area (Å²) < 4.78 is 10.2. The van der Waals surface area contributed by atoms with Crippen LogP contribution in [0.2, 0.25) is 0 Å². The third-order valence-corrected chi connectivity index (χ3v) is 2.32. The number of likely N-dealkylation sites (N-methyl/N-ethyl adjacent to an activating group) is 1. The minimum atomic E-state index is -0.345. The highest BCUT2D eigenvalue weighted by atomic mass is 35.5. The normalized spacial score (nSPS) is 10.3. The monoisotopic (exact) mass is 285 g/mol. The van der Waals surface area contributed by atoms with E-state index in [1.54, 1.807) is 13.2 Å². The molecule has 1 rings (SSSR count). The van der Waals surface area contributed by atoms with Gasteiger partial charge in [0.25, 0.3) is 0 Å². The van der Waals surface area contributed by atoms with Gasteiger partial charge in [0.05, 0.1) is 7.11 Å². The van der Waals surface area contributed by atoms with Crippen LogP contribution in [0.3, 0.4) is 0 Å². The number of halogens is 1. The van der Waals surface area contributed by atoms with E-state index in [9.17, 15) is 4.79 Å². The second kappa shape index (κ2) is 9.42. The van der Waals surface area contributed by atoms with Gasteiger partial charge in [-0.15, -0.1) is 12.4 Å². The van der Waals surface area contributed by atoms with Crippen LogP contribution in [0.15, 0.2) is 30.3 Å². The van der Waals surface area contributed by atoms with Gasteiger partial charge >= 0.3 is 5.97 Å². The molecule has 0 radical (unpaired) electrons. The first-order valence-electron chi connectivity index (χ1n) is 5.76. The summed E-state index contributed by atoms with van der Waals surface area (Å²) in [6, 6.07) is 7.49. The Bertz CT molecular complexity index is 419. The first-order chi connectivity index (χ1) is 8.63. The number of benzene rings is 1. The lowest BCUT2D eigenvalue weighted by Gasteiger charge is -2.08. The molecule has 0 saturated carbocycles. The molecule has 19 heavy (non-hydrogen) atoms. The molecule has 0 heterocycles. The van der Waals surface area contributed by atoms with Crippen LogP contribution in [-0.2, 0) is 9.53 Å². The van der Waals surface area contributed by atoms with E-state index in [4.69, 9.17) is 9.47 Å². The molecule has 0 aliphatic carbocycles. The zero-order chi connectivity index (χ0) is 13.4. The Morgan fingerprint density at radius 3 is 2.63 bits per heavy atom. The summed E-state index contributed by atoms with van der Waals surface area (Å²) in [4.78, 5) is 13.4. The fourth-order valence-corrected chi connectivity index (χ4v) is 1.34. The topological polar surface area (TPSA) is 38.8 Å². The van der Waals surface area contributed by atoms with Crippen molar-refractivity contribution in [1.82, 2.24) is 4.90 Å². The molecule has 1 aromatic rings. The average molecular weight is 286 g/mol. The first-order valence-corrected chi connectivity index (χ1v) is 5.76. The van der Waals surface area contributed by atoms with Crippen molar-refractivity contribution in [1.29, 1.82) is 0 Å². The highest BCUT2D eigenvalue weighted by Gasteiger charge is 2.00. The van der Waals surface area contributed by atoms with E-state index in [1.165, 1.54) is 6.08 Å². The molecule has 0 amide bonds. The van der Waals surface area contributed by atoms with Gasteiger partial charge < -0.3 is 14.4 Å². The van der Waals surface area contributed by atoms with Crippen molar-refractivity contribution in [2.75, 3.05) is 34.4 Å². The van der Waals surface area contributed by atoms with Gasteiger partial charge in [0.2, 0.25) is 0 Å². The van der Waals surface area contributed by atoms with E-state index < -0.39 is 0 Å². The van der Waals surface area contributed by atoms with Crippen LogP contribution in [0.5, 0.6) is 5.75 Å². The lowest BCUT2D eigenvalue weighted by Crippen LogP contribution is -2.19. The van der Waals surface area contributed by atoms with Crippen LogP contribution in [0.1, 0.15) is 5.56 Å². The van der Waals surface area contributed by atoms with Crippen LogP contribution in [-0.4, -0.2) is 45.2 Å². The second-order valence-electron chi connectivity index (χ2n) is 4.05. The highest BCUT2D eigenvalue weighted by Crippen LogP contribution is 2.18. The smallest absolute Gasteiger partial charge is 0.330 e. The summed E-state index contributed by atoms with van der Waals surface area (Å²) in [6.45, 7) is 1.11. The van der Waals surface area contributed by atoms with Crippen LogP contribution in [0.25, 0.3) is 6.08 Å². The number of para-hydroxylation sites is 1. The molecule has 0 aliphatic heterocycles. The Morgan fingerprint density at radius 1 is 1.32 bits per heavy atom. The zero-order valence-electron chi connectivity index (χ0n) is 11.5. The Hall–Kier alpha value is -1.52. The predicted molar refractivity (Wildman–Crippen MR) is 78.8 cm³/mol. The zero-order valence-corrected chi connectivity index (χ0v) is 12.3. The van der Waals surface area contributed by atoms with Gasteiger partial charge in [-0.25, -0.2) is 4.79 Å². The molecule has 0 unspecified atom stereocenters. The number of hydrogen-bond acceptors (Lipinski definition) is 4. The van der Waals surface area contributed by atoms with Gasteiger partial charge in [-0.3, -0.25) is 0 Å². The van der Waals surface area contributed by atoms with Crippen LogP contribution in [0, 0.1) is 0 Å². The van der Waals surface area contributed by atoms with E-state index >= 15 is 0 Å². The van der Waals surface area contributed by atoms with Crippen molar-refractivity contribution >= 4 is 24.5 Å². The maximum atomic E-state index is 11.4. The summed E-state index contributed by atoms with van der Waals surface area (Å²) >= 11 is 0. The molecular formula is C14H20ClNO3. The molecule has 0 atom stereocenters. The van der Waals surface area contributed by atoms with Crippen LogP contribution in [0.4, 0.5) is 0 Å². The Balaban J connectivity index is 0.00000324. The number of methoxy groups -OCH3 is 1. The summed E-state index contributed by atoms with van der Waals surface area (Å²) in [5, 5.41) is 0. The predicted octanol–water partition coefficient (Wildman–Crippen LogP) is 2.24. The SMILES string of the molecule is COc1ccccc1/C=C/C(=O)OCCN(C)C.Cl. The molecule has 5 heteroatoms. The molecule has 0 saturated heterocycles. The molecule has 0 fully saturated rings. The number of esters is 1. The fraction of sp³-hybridized carbons (Fsp3) is 0.357. The van der Waals surface area contributed by atoms with E-state index in [1.807, 2.05) is 43.3 Å². The van der Waals surface area contributed by atoms with Gasteiger partial charge in [-0.05, 0) is 26.2 Å². The number of carbonyl (C=O) groups excluding carboxylic acids is 1. The van der Waals surface area contributed by atoms with Gasteiger partial charge in [0.1, 0.15) is 12.4 Å². The van der Waals surface area contributed by atoms with E-state index in [0.29, 0.717) is 13.2 Å². The molecule has 0 spiro atoms. The minimum Gasteiger partial charge on any atom is -0.496 e. The third kappa shape index (κ3) is 6.84. The van der Waals surface area contributed by atoms with Crippen molar-refractivity contribution < 1.29 is 14.3 Å². The maximum Gasteiger partial charge on any atom is 0.330 e. The van der Waals surface area contributed by atoms with Gasteiger partial charge in [0.15, 0.2) is 0 Å². The molecule has 1 aromatic carbocycles. The molecule has 0 bridgehead atoms. The first kappa shape index (κ1) is 17.5. The Morgan fingerprint density at radius 2 is 2.00 bits per heavy atom. The summed E-state index contributed by atoms with van der Waals surface area (Å²) in [6.07, 6.45) is 3.10. The molecular weight excluding hydrogens is 266 g/mol. The number of hydrogen-bond donors (Lipinski definition) is 0. The molecule has 4 nitrogen and oxygen atoms in total. The van der Waals surface area contributed by atoms with E-state index in [0.717, 1.165) is 11.3 Å². The van der Waals surface area contributed by atoms with Crippen molar-refractivity contribution in [3.05, 3.63) is 35.9 Å². The van der Waals surface area contributed by atoms with Gasteiger partial charge in [0, 0.05) is 18.2 Å². The standard InChI is InChI=1S/C14H19NO3.ClH/c1-15(2)10-11-18-14(16)9-8-12-6-4-5-7-13(12)17-3;/h4-9H,10-11H2,1-3H3;1H/b9-8+;. The lowest BCUT2D eigenvalue weighted by atomic mass is 10.2. The van der Waals surface area contributed by atoms with Crippen molar-refractivity contribution in [3.63, 3.8) is 0 Å². The van der Waals surface area contributed by atoms with Crippen LogP contribution >= 0.6 is 12.4 Å². The minimum absolute atomic E-state index is 0. The van der Waals surface area contributed by atoms with Crippen LogP contribution < -0.4 is 4.74 Å². The Kier molecular flexibility index (Phi) is 8.66. The number of nitrogens with zero attached hydrogens (tertiary/aromatic N) is 1. The van der Waals surface area contributed by atoms with E-state index in [-0.39, 0.29) is 18.4 Å². The quantitative estimate of drug-likeness (QED) is 0.593. The van der Waals surface area contributed by atoms with Gasteiger partial charge in [-0.2, -0.15) is 0 Å². The number of rotatable bonds is 6. The molecule has 0 aliphatic rings. The summed E-state index contributed by atoms with van der Waals surface area (Å²) in [7, 11) is 5.46. The molecule has 106 valence electrons. The maximum absolute atomic E-state index is 11.4. The largest absolute Gasteiger partial charge is 0.496 e.